The Bertz CT molecular complexity index is 701. The first-order valence-electron chi connectivity index (χ1n) is 5.84. The Morgan fingerprint density at radius 3 is 2.58 bits per heavy atom. The van der Waals surface area contributed by atoms with Gasteiger partial charge < -0.3 is 5.32 Å². The van der Waals surface area contributed by atoms with Crippen LogP contribution in [0, 0.1) is 11.6 Å². The maximum Gasteiger partial charge on any atom is 0.131 e. The van der Waals surface area contributed by atoms with Gasteiger partial charge in [-0.2, -0.15) is 5.10 Å². The van der Waals surface area contributed by atoms with Crippen molar-refractivity contribution in [3.05, 3.63) is 59.8 Å². The van der Waals surface area contributed by atoms with Crippen LogP contribution in [0.3, 0.4) is 0 Å². The molecule has 0 aliphatic heterocycles. The number of para-hydroxylation sites is 1. The van der Waals surface area contributed by atoms with Gasteiger partial charge in [-0.25, -0.2) is 8.78 Å². The molecule has 0 radical (unpaired) electrons. The molecule has 0 fully saturated rings. The van der Waals surface area contributed by atoms with E-state index < -0.39 is 11.6 Å². The average molecular weight is 259 g/mol. The molecule has 5 heteroatoms. The highest BCUT2D eigenvalue weighted by molar-refractivity contribution is 5.89. The zero-order valence-corrected chi connectivity index (χ0v) is 9.95. The van der Waals surface area contributed by atoms with Crippen molar-refractivity contribution in [2.75, 3.05) is 5.32 Å². The number of fused-ring (bicyclic) bond motifs is 1. The minimum absolute atomic E-state index is 0.0269. The van der Waals surface area contributed by atoms with Gasteiger partial charge in [-0.3, -0.25) is 5.10 Å². The summed E-state index contributed by atoms with van der Waals surface area (Å²) in [5.41, 5.74) is 1.61. The van der Waals surface area contributed by atoms with Gasteiger partial charge in [-0.1, -0.05) is 18.2 Å². The van der Waals surface area contributed by atoms with Gasteiger partial charge in [0.25, 0.3) is 0 Å². The zero-order chi connectivity index (χ0) is 13.2. The highest BCUT2D eigenvalue weighted by Crippen LogP contribution is 2.22. The molecule has 0 saturated heterocycles. The van der Waals surface area contributed by atoms with E-state index in [2.05, 4.69) is 15.5 Å². The second kappa shape index (κ2) is 4.68. The highest BCUT2D eigenvalue weighted by Gasteiger charge is 2.09. The monoisotopic (exact) mass is 259 g/mol. The summed E-state index contributed by atoms with van der Waals surface area (Å²) < 4.78 is 27.0. The first-order chi connectivity index (χ1) is 9.25. The topological polar surface area (TPSA) is 40.7 Å². The summed E-state index contributed by atoms with van der Waals surface area (Å²) in [6.07, 6.45) is 1.70. The van der Waals surface area contributed by atoms with Gasteiger partial charge in [0, 0.05) is 17.5 Å². The van der Waals surface area contributed by atoms with Crippen molar-refractivity contribution in [1.29, 1.82) is 0 Å². The van der Waals surface area contributed by atoms with E-state index in [4.69, 9.17) is 0 Å². The van der Waals surface area contributed by atoms with Crippen LogP contribution >= 0.6 is 0 Å². The van der Waals surface area contributed by atoms with Crippen LogP contribution in [0.1, 0.15) is 5.56 Å². The Hall–Kier alpha value is -2.43. The van der Waals surface area contributed by atoms with Gasteiger partial charge in [0.15, 0.2) is 0 Å². The zero-order valence-electron chi connectivity index (χ0n) is 9.95. The highest BCUT2D eigenvalue weighted by atomic mass is 19.1. The van der Waals surface area contributed by atoms with Gasteiger partial charge in [-0.05, 0) is 18.2 Å². The minimum Gasteiger partial charge on any atom is -0.379 e. The molecule has 2 aromatic carbocycles. The van der Waals surface area contributed by atoms with Crippen molar-refractivity contribution in [3.8, 4) is 0 Å². The van der Waals surface area contributed by atoms with Crippen LogP contribution in [-0.4, -0.2) is 10.2 Å². The summed E-state index contributed by atoms with van der Waals surface area (Å²) in [4.78, 5) is 0. The quantitative estimate of drug-likeness (QED) is 0.756. The normalized spacial score (nSPS) is 10.8. The van der Waals surface area contributed by atoms with Crippen LogP contribution in [-0.2, 0) is 6.54 Å². The van der Waals surface area contributed by atoms with Crippen LogP contribution in [0.15, 0.2) is 42.6 Å². The third-order valence-electron chi connectivity index (χ3n) is 2.99. The molecule has 0 aliphatic rings. The van der Waals surface area contributed by atoms with Crippen molar-refractivity contribution in [1.82, 2.24) is 10.2 Å². The fraction of sp³-hybridized carbons (Fsp3) is 0.0714. The van der Waals surface area contributed by atoms with Crippen molar-refractivity contribution < 1.29 is 8.78 Å². The third kappa shape index (κ3) is 2.14. The number of H-pyrrole nitrogens is 1. The summed E-state index contributed by atoms with van der Waals surface area (Å²) in [7, 11) is 0. The predicted octanol–water partition coefficient (Wildman–Crippen LogP) is 3.45. The number of nitrogens with zero attached hydrogens (tertiary/aromatic N) is 1. The molecule has 3 aromatic rings. The molecule has 3 rings (SSSR count). The number of benzene rings is 2. The summed E-state index contributed by atoms with van der Waals surface area (Å²) in [6, 6.07) is 9.45. The molecule has 0 saturated carbocycles. The van der Waals surface area contributed by atoms with Gasteiger partial charge in [-0.15, -0.1) is 0 Å². The fourth-order valence-corrected chi connectivity index (χ4v) is 2.00. The lowest BCUT2D eigenvalue weighted by Crippen LogP contribution is -2.04. The Kier molecular flexibility index (Phi) is 2.87. The lowest BCUT2D eigenvalue weighted by atomic mass is 10.2. The second-order valence-corrected chi connectivity index (χ2v) is 4.19. The molecule has 1 heterocycles. The molecule has 0 spiro atoms. The van der Waals surface area contributed by atoms with E-state index in [9.17, 15) is 8.78 Å². The van der Waals surface area contributed by atoms with E-state index in [1.165, 1.54) is 18.2 Å². The molecular weight excluding hydrogens is 248 g/mol. The second-order valence-electron chi connectivity index (χ2n) is 4.19. The molecule has 1 aromatic heterocycles. The number of aromatic nitrogens is 2. The maximum atomic E-state index is 13.5. The Morgan fingerprint density at radius 1 is 1.05 bits per heavy atom. The number of anilines is 1. The lowest BCUT2D eigenvalue weighted by Gasteiger charge is -2.09. The minimum atomic E-state index is -0.552. The van der Waals surface area contributed by atoms with Crippen LogP contribution < -0.4 is 5.32 Å². The number of rotatable bonds is 3. The van der Waals surface area contributed by atoms with E-state index in [0.717, 1.165) is 16.6 Å². The molecule has 0 amide bonds. The number of halogens is 2. The van der Waals surface area contributed by atoms with Gasteiger partial charge in [0.05, 0.1) is 17.4 Å². The molecule has 96 valence electrons. The molecule has 2 N–H and O–H groups in total. The van der Waals surface area contributed by atoms with Crippen molar-refractivity contribution in [2.45, 2.75) is 6.54 Å². The first kappa shape index (κ1) is 11.6. The van der Waals surface area contributed by atoms with E-state index in [-0.39, 0.29) is 12.1 Å². The maximum absolute atomic E-state index is 13.5. The van der Waals surface area contributed by atoms with Crippen molar-refractivity contribution in [3.63, 3.8) is 0 Å². The number of aromatic amines is 1. The van der Waals surface area contributed by atoms with Crippen LogP contribution in [0.2, 0.25) is 0 Å². The average Bonchev–Trinajstić information content (AvgIpc) is 2.87. The predicted molar refractivity (Wildman–Crippen MR) is 69.8 cm³/mol. The standard InChI is InChI=1S/C14H11F2N3/c15-11-4-2-5-12(16)10(11)8-17-13-6-1-3-9-7-18-19-14(9)13/h1-7,17H,8H2,(H,18,19). The summed E-state index contributed by atoms with van der Waals surface area (Å²) in [5.74, 6) is -1.10. The molecule has 0 bridgehead atoms. The Morgan fingerprint density at radius 2 is 1.79 bits per heavy atom. The van der Waals surface area contributed by atoms with E-state index >= 15 is 0 Å². The first-order valence-corrected chi connectivity index (χ1v) is 5.84. The van der Waals surface area contributed by atoms with Crippen molar-refractivity contribution >= 4 is 16.6 Å². The fourth-order valence-electron chi connectivity index (χ4n) is 2.00. The number of nitrogens with one attached hydrogen (secondary N) is 2. The lowest BCUT2D eigenvalue weighted by molar-refractivity contribution is 0.560. The molecule has 3 nitrogen and oxygen atoms in total. The molecule has 0 atom stereocenters. The number of hydrogen-bond acceptors (Lipinski definition) is 2. The largest absolute Gasteiger partial charge is 0.379 e. The van der Waals surface area contributed by atoms with Crippen molar-refractivity contribution in [2.24, 2.45) is 0 Å². The van der Waals surface area contributed by atoms with Crippen LogP contribution in [0.5, 0.6) is 0 Å². The molecule has 0 aliphatic carbocycles. The van der Waals surface area contributed by atoms with Gasteiger partial charge in [0.1, 0.15) is 11.6 Å². The Balaban J connectivity index is 1.88. The van der Waals surface area contributed by atoms with E-state index in [1.807, 2.05) is 18.2 Å². The summed E-state index contributed by atoms with van der Waals surface area (Å²) in [6.45, 7) is 0.0800. The SMILES string of the molecule is Fc1cccc(F)c1CNc1cccc2cn[nH]c12. The molecular formula is C14H11F2N3. The third-order valence-corrected chi connectivity index (χ3v) is 2.99. The van der Waals surface area contributed by atoms with Crippen LogP contribution in [0.25, 0.3) is 10.9 Å². The van der Waals surface area contributed by atoms with Crippen LogP contribution in [0.4, 0.5) is 14.5 Å². The van der Waals surface area contributed by atoms with E-state index in [1.54, 1.807) is 6.20 Å². The van der Waals surface area contributed by atoms with E-state index in [0.29, 0.717) is 0 Å². The smallest absolute Gasteiger partial charge is 0.131 e. The van der Waals surface area contributed by atoms with Gasteiger partial charge >= 0.3 is 0 Å². The molecule has 19 heavy (non-hydrogen) atoms. The number of hydrogen-bond donors (Lipinski definition) is 2. The Labute approximate surface area is 108 Å². The molecule has 0 unspecified atom stereocenters. The summed E-state index contributed by atoms with van der Waals surface area (Å²) >= 11 is 0. The summed E-state index contributed by atoms with van der Waals surface area (Å²) in [5, 5.41) is 10.8. The van der Waals surface area contributed by atoms with Gasteiger partial charge in [0.2, 0.25) is 0 Å².